The number of rotatable bonds is 5. The molecule has 7 heteroatoms. The number of carbonyl (C=O) groups is 1. The van der Waals surface area contributed by atoms with Gasteiger partial charge in [-0.1, -0.05) is 19.1 Å². The Balaban J connectivity index is 2.42. The number of esters is 1. The number of para-hydroxylation sites is 1. The van der Waals surface area contributed by atoms with Crippen LogP contribution in [0.2, 0.25) is 0 Å². The lowest BCUT2D eigenvalue weighted by molar-refractivity contribution is -0.144. The Morgan fingerprint density at radius 1 is 1.32 bits per heavy atom. The molecule has 0 aliphatic heterocycles. The molecule has 0 bridgehead atoms. The molecule has 5 nitrogen and oxygen atoms in total. The molecule has 0 radical (unpaired) electrons. The van der Waals surface area contributed by atoms with E-state index in [-0.39, 0.29) is 5.97 Å². The van der Waals surface area contributed by atoms with E-state index in [2.05, 4.69) is 14.7 Å². The van der Waals surface area contributed by atoms with Crippen LogP contribution in [0, 0.1) is 5.92 Å². The largest absolute Gasteiger partial charge is 0.469 e. The number of fused-ring (bicyclic) bond motifs is 1. The van der Waals surface area contributed by atoms with E-state index in [0.717, 1.165) is 0 Å². The van der Waals surface area contributed by atoms with Gasteiger partial charge in [0.05, 0.1) is 18.5 Å². The second-order valence-electron chi connectivity index (χ2n) is 5.03. The zero-order valence-corrected chi connectivity index (χ0v) is 12.6. The van der Waals surface area contributed by atoms with Crippen molar-refractivity contribution in [1.82, 2.24) is 9.97 Å². The van der Waals surface area contributed by atoms with Gasteiger partial charge in [-0.15, -0.1) is 0 Å². The molecule has 1 atom stereocenters. The fourth-order valence-electron chi connectivity index (χ4n) is 2.24. The van der Waals surface area contributed by atoms with Gasteiger partial charge in [0, 0.05) is 19.0 Å². The average Bonchev–Trinajstić information content (AvgIpc) is 2.52. The van der Waals surface area contributed by atoms with Crippen LogP contribution in [0.4, 0.5) is 14.6 Å². The molecule has 0 spiro atoms. The van der Waals surface area contributed by atoms with Crippen LogP contribution < -0.4 is 4.90 Å². The quantitative estimate of drug-likeness (QED) is 0.795. The molecule has 118 valence electrons. The van der Waals surface area contributed by atoms with Gasteiger partial charge in [-0.3, -0.25) is 4.79 Å². The third kappa shape index (κ3) is 3.29. The first-order chi connectivity index (χ1) is 10.4. The van der Waals surface area contributed by atoms with Gasteiger partial charge >= 0.3 is 5.97 Å². The van der Waals surface area contributed by atoms with E-state index in [1.165, 1.54) is 7.11 Å². The lowest BCUT2D eigenvalue weighted by atomic mass is 10.1. The number of nitrogens with zero attached hydrogens (tertiary/aromatic N) is 3. The van der Waals surface area contributed by atoms with Crippen molar-refractivity contribution in [3.8, 4) is 0 Å². The molecule has 2 aromatic rings. The van der Waals surface area contributed by atoms with Gasteiger partial charge in [-0.25, -0.2) is 18.7 Å². The van der Waals surface area contributed by atoms with Crippen LogP contribution in [0.5, 0.6) is 0 Å². The highest BCUT2D eigenvalue weighted by Gasteiger charge is 2.20. The molecular weight excluding hydrogens is 292 g/mol. The summed E-state index contributed by atoms with van der Waals surface area (Å²) < 4.78 is 30.6. The third-order valence-corrected chi connectivity index (χ3v) is 3.31. The van der Waals surface area contributed by atoms with Crippen molar-refractivity contribution in [3.05, 3.63) is 30.1 Å². The molecule has 1 heterocycles. The standard InChI is InChI=1S/C15H17F2N3O2/c1-9(15(21)22-3)8-20(2)14-10-6-4-5-7-11(10)18-13(19-14)12(16)17/h4-7,9,12H,8H2,1-3H3/t9-/m1/s1. The number of hydrogen-bond donors (Lipinski definition) is 0. The van der Waals surface area contributed by atoms with Gasteiger partial charge in [0.25, 0.3) is 6.43 Å². The smallest absolute Gasteiger partial charge is 0.310 e. The minimum atomic E-state index is -2.75. The van der Waals surface area contributed by atoms with Gasteiger partial charge in [-0.05, 0) is 12.1 Å². The van der Waals surface area contributed by atoms with E-state index >= 15 is 0 Å². The summed E-state index contributed by atoms with van der Waals surface area (Å²) in [6.45, 7) is 2.01. The maximum atomic E-state index is 13.0. The number of benzene rings is 1. The first-order valence-electron chi connectivity index (χ1n) is 6.77. The fraction of sp³-hybridized carbons (Fsp3) is 0.400. The molecule has 0 N–H and O–H groups in total. The summed E-state index contributed by atoms with van der Waals surface area (Å²) in [6, 6.07) is 6.93. The average molecular weight is 309 g/mol. The summed E-state index contributed by atoms with van der Waals surface area (Å²) in [5.41, 5.74) is 0.445. The number of carbonyl (C=O) groups excluding carboxylic acids is 1. The Labute approximate surface area is 126 Å². The summed E-state index contributed by atoms with van der Waals surface area (Å²) in [4.78, 5) is 21.0. The molecule has 22 heavy (non-hydrogen) atoms. The van der Waals surface area contributed by atoms with Gasteiger partial charge < -0.3 is 9.64 Å². The zero-order chi connectivity index (χ0) is 16.3. The van der Waals surface area contributed by atoms with E-state index in [1.54, 1.807) is 43.1 Å². The molecule has 0 aliphatic rings. The Hall–Kier alpha value is -2.31. The van der Waals surface area contributed by atoms with Gasteiger partial charge in [0.2, 0.25) is 0 Å². The van der Waals surface area contributed by atoms with E-state index in [4.69, 9.17) is 0 Å². The van der Waals surface area contributed by atoms with Crippen LogP contribution in [-0.4, -0.2) is 36.6 Å². The van der Waals surface area contributed by atoms with E-state index in [0.29, 0.717) is 23.3 Å². The minimum Gasteiger partial charge on any atom is -0.469 e. The van der Waals surface area contributed by atoms with Crippen molar-refractivity contribution in [3.63, 3.8) is 0 Å². The minimum absolute atomic E-state index is 0.302. The second-order valence-corrected chi connectivity index (χ2v) is 5.03. The second kappa shape index (κ2) is 6.64. The number of alkyl halides is 2. The van der Waals surface area contributed by atoms with Crippen molar-refractivity contribution >= 4 is 22.7 Å². The number of hydrogen-bond acceptors (Lipinski definition) is 5. The molecule has 0 amide bonds. The lowest BCUT2D eigenvalue weighted by Crippen LogP contribution is -2.30. The molecule has 0 saturated carbocycles. The van der Waals surface area contributed by atoms with Crippen molar-refractivity contribution in [2.24, 2.45) is 5.92 Å². The van der Waals surface area contributed by atoms with Crippen molar-refractivity contribution < 1.29 is 18.3 Å². The van der Waals surface area contributed by atoms with Crippen LogP contribution in [0.3, 0.4) is 0 Å². The predicted molar refractivity (Wildman–Crippen MR) is 78.9 cm³/mol. The number of anilines is 1. The van der Waals surface area contributed by atoms with Gasteiger partial charge in [-0.2, -0.15) is 0 Å². The zero-order valence-electron chi connectivity index (χ0n) is 12.6. The molecule has 0 aliphatic carbocycles. The van der Waals surface area contributed by atoms with Crippen molar-refractivity contribution in [1.29, 1.82) is 0 Å². The summed E-state index contributed by atoms with van der Waals surface area (Å²) in [5, 5.41) is 0.659. The highest BCUT2D eigenvalue weighted by molar-refractivity contribution is 5.89. The number of halogens is 2. The van der Waals surface area contributed by atoms with Gasteiger partial charge in [0.1, 0.15) is 5.82 Å². The number of ether oxygens (including phenoxy) is 1. The van der Waals surface area contributed by atoms with Crippen LogP contribution in [0.15, 0.2) is 24.3 Å². The first kappa shape index (κ1) is 16.1. The molecule has 2 rings (SSSR count). The van der Waals surface area contributed by atoms with Crippen LogP contribution >= 0.6 is 0 Å². The SMILES string of the molecule is COC(=O)[C@H](C)CN(C)c1nc(C(F)F)nc2ccccc12. The summed E-state index contributed by atoms with van der Waals surface area (Å²) in [7, 11) is 3.01. The lowest BCUT2D eigenvalue weighted by Gasteiger charge is -2.23. The molecule has 0 fully saturated rings. The van der Waals surface area contributed by atoms with Gasteiger partial charge in [0.15, 0.2) is 5.82 Å². The van der Waals surface area contributed by atoms with E-state index in [1.807, 2.05) is 0 Å². The topological polar surface area (TPSA) is 55.3 Å². The Kier molecular flexibility index (Phi) is 4.85. The Morgan fingerprint density at radius 2 is 2.00 bits per heavy atom. The summed E-state index contributed by atoms with van der Waals surface area (Å²) in [5.74, 6) is -0.916. The maximum absolute atomic E-state index is 13.0. The number of methoxy groups -OCH3 is 1. The van der Waals surface area contributed by atoms with Crippen LogP contribution in [0.25, 0.3) is 10.9 Å². The Morgan fingerprint density at radius 3 is 2.64 bits per heavy atom. The Bertz CT molecular complexity index is 679. The molecular formula is C15H17F2N3O2. The fourth-order valence-corrected chi connectivity index (χ4v) is 2.24. The predicted octanol–water partition coefficient (Wildman–Crippen LogP) is 2.81. The molecule has 1 aromatic heterocycles. The highest BCUT2D eigenvalue weighted by atomic mass is 19.3. The van der Waals surface area contributed by atoms with Crippen molar-refractivity contribution in [2.75, 3.05) is 25.6 Å². The summed E-state index contributed by atoms with van der Waals surface area (Å²) >= 11 is 0. The molecule has 1 aromatic carbocycles. The van der Waals surface area contributed by atoms with E-state index in [9.17, 15) is 13.6 Å². The summed E-state index contributed by atoms with van der Waals surface area (Å²) in [6.07, 6.45) is -2.75. The monoisotopic (exact) mass is 309 g/mol. The number of aromatic nitrogens is 2. The normalized spacial score (nSPS) is 12.5. The molecule has 0 unspecified atom stereocenters. The van der Waals surface area contributed by atoms with Crippen LogP contribution in [0.1, 0.15) is 19.2 Å². The van der Waals surface area contributed by atoms with Crippen molar-refractivity contribution in [2.45, 2.75) is 13.3 Å². The third-order valence-electron chi connectivity index (χ3n) is 3.31. The molecule has 0 saturated heterocycles. The first-order valence-corrected chi connectivity index (χ1v) is 6.77. The van der Waals surface area contributed by atoms with Crippen LogP contribution in [-0.2, 0) is 9.53 Å². The maximum Gasteiger partial charge on any atom is 0.310 e. The highest BCUT2D eigenvalue weighted by Crippen LogP contribution is 2.26. The van der Waals surface area contributed by atoms with E-state index < -0.39 is 18.2 Å².